The molecule has 6 heteroatoms. The maximum Gasteiger partial charge on any atom is 2.00 e. The summed E-state index contributed by atoms with van der Waals surface area (Å²) in [5, 5.41) is 14.8. The van der Waals surface area contributed by atoms with E-state index in [9.17, 15) is 0 Å². The molecular weight excluding hydrogens is 183 g/mol. The van der Waals surface area contributed by atoms with Gasteiger partial charge in [0.05, 0.1) is 5.09 Å². The van der Waals surface area contributed by atoms with E-state index in [0.717, 1.165) is 6.54 Å². The summed E-state index contributed by atoms with van der Waals surface area (Å²) in [5.74, 6) is 0. The van der Waals surface area contributed by atoms with Crippen LogP contribution in [0.5, 0.6) is 0 Å². The Morgan fingerprint density at radius 1 is 1.50 bits per heavy atom. The topological polar surface area (TPSA) is 69.2 Å². The van der Waals surface area contributed by atoms with Gasteiger partial charge in [-0.05, 0) is 0 Å². The third-order valence-electron chi connectivity index (χ3n) is 0.856. The normalized spacial score (nSPS) is 14.1. The molecule has 0 N–H and O–H groups in total. The van der Waals surface area contributed by atoms with Crippen LogP contribution in [0.2, 0.25) is 0 Å². The zero-order chi connectivity index (χ0) is 7.28. The Balaban J connectivity index is 0. The molecule has 1 aliphatic rings. The largest absolute Gasteiger partial charge is 2.00 e. The van der Waals surface area contributed by atoms with Crippen molar-refractivity contribution in [1.29, 1.82) is 0 Å². The molecule has 0 aromatic heterocycles. The van der Waals surface area contributed by atoms with Gasteiger partial charge < -0.3 is 27.1 Å². The van der Waals surface area contributed by atoms with E-state index in [2.05, 4.69) is 11.8 Å². The van der Waals surface area contributed by atoms with Crippen molar-refractivity contribution in [3.63, 3.8) is 0 Å². The van der Waals surface area contributed by atoms with Crippen LogP contribution in [-0.2, 0) is 16.8 Å². The smallest absolute Gasteiger partial charge is 0.356 e. The predicted molar refractivity (Wildman–Crippen MR) is 32.2 cm³/mol. The van der Waals surface area contributed by atoms with Crippen LogP contribution in [0.25, 0.3) is 0 Å². The minimum atomic E-state index is -1.75. The summed E-state index contributed by atoms with van der Waals surface area (Å²) in [7, 11) is 0. The first kappa shape index (κ1) is 12.4. The van der Waals surface area contributed by atoms with Crippen molar-refractivity contribution in [1.82, 2.24) is 4.90 Å². The number of hydrogen-bond acceptors (Lipinski definition) is 4. The molecule has 1 rings (SSSR count). The minimum absolute atomic E-state index is 0. The molecule has 5 nitrogen and oxygen atoms in total. The van der Waals surface area contributed by atoms with Crippen molar-refractivity contribution < 1.29 is 21.9 Å². The Bertz CT molecular complexity index is 92.5. The molecule has 0 bridgehead atoms. The summed E-state index contributed by atoms with van der Waals surface area (Å²) in [6, 6.07) is 0. The van der Waals surface area contributed by atoms with Crippen molar-refractivity contribution in [3.8, 4) is 0 Å². The van der Waals surface area contributed by atoms with Crippen molar-refractivity contribution in [3.05, 3.63) is 22.2 Å². The van der Waals surface area contributed by atoms with E-state index >= 15 is 0 Å². The molecule has 0 atom stereocenters. The van der Waals surface area contributed by atoms with E-state index in [1.165, 1.54) is 13.1 Å². The first-order valence-electron chi connectivity index (χ1n) is 2.50. The number of hydrogen-bond donors (Lipinski definition) is 0. The van der Waals surface area contributed by atoms with E-state index in [1.54, 1.807) is 0 Å². The van der Waals surface area contributed by atoms with Crippen LogP contribution in [0, 0.1) is 22.2 Å². The van der Waals surface area contributed by atoms with Gasteiger partial charge in [-0.3, -0.25) is 0 Å². The van der Waals surface area contributed by atoms with Crippen LogP contribution >= 0.6 is 0 Å². The molecule has 0 saturated carbocycles. The van der Waals surface area contributed by atoms with E-state index in [0.29, 0.717) is 0 Å². The van der Waals surface area contributed by atoms with E-state index in [4.69, 9.17) is 15.3 Å². The maximum atomic E-state index is 8.25. The van der Waals surface area contributed by atoms with Gasteiger partial charge in [-0.2, -0.15) is 0 Å². The second-order valence-electron chi connectivity index (χ2n) is 1.57. The second-order valence-corrected chi connectivity index (χ2v) is 1.57. The van der Waals surface area contributed by atoms with Crippen molar-refractivity contribution in [2.75, 3.05) is 19.6 Å². The summed E-state index contributed by atoms with van der Waals surface area (Å²) in [4.78, 5) is 10.5. The van der Waals surface area contributed by atoms with Gasteiger partial charge >= 0.3 is 16.8 Å². The van der Waals surface area contributed by atoms with Crippen LogP contribution in [0.4, 0.5) is 0 Å². The summed E-state index contributed by atoms with van der Waals surface area (Å²) in [5.41, 5.74) is 0. The monoisotopic (exact) mass is 191 g/mol. The van der Waals surface area contributed by atoms with Gasteiger partial charge in [-0.25, -0.2) is 0 Å². The van der Waals surface area contributed by atoms with Gasteiger partial charge in [-0.1, -0.05) is 0 Å². The Hall–Kier alpha value is -0.334. The zero-order valence-corrected chi connectivity index (χ0v) is 6.32. The fourth-order valence-corrected chi connectivity index (χ4v) is 0.294. The van der Waals surface area contributed by atoms with E-state index in [-0.39, 0.29) is 16.8 Å². The first-order valence-corrected chi connectivity index (χ1v) is 2.50. The Kier molecular flexibility index (Phi) is 8.38. The Morgan fingerprint density at radius 2 is 1.80 bits per heavy atom. The standard InChI is InChI=1S/C4H8N.Co.NO3/c1-2-5-3-4-5;;2-1(3)4/h1-4H2;;/q-1;+2;-1. The minimum Gasteiger partial charge on any atom is -0.356 e. The fraction of sp³-hybridized carbons (Fsp3) is 0.750. The van der Waals surface area contributed by atoms with Gasteiger partial charge in [0.1, 0.15) is 0 Å². The molecular formula is C4H8CoN2O3. The Labute approximate surface area is 69.3 Å². The van der Waals surface area contributed by atoms with Gasteiger partial charge in [0.25, 0.3) is 0 Å². The van der Waals surface area contributed by atoms with Crippen molar-refractivity contribution >= 4 is 0 Å². The zero-order valence-electron chi connectivity index (χ0n) is 5.28. The van der Waals surface area contributed by atoms with Crippen LogP contribution < -0.4 is 0 Å². The molecule has 0 aromatic rings. The molecule has 1 radical (unpaired) electrons. The molecule has 1 heterocycles. The molecule has 0 aliphatic carbocycles. The van der Waals surface area contributed by atoms with E-state index in [1.807, 2.05) is 0 Å². The van der Waals surface area contributed by atoms with Crippen LogP contribution in [-0.4, -0.2) is 29.6 Å². The molecule has 61 valence electrons. The number of nitrogens with zero attached hydrogens (tertiary/aromatic N) is 2. The second kappa shape index (κ2) is 6.78. The molecule has 1 fully saturated rings. The van der Waals surface area contributed by atoms with Gasteiger partial charge in [-0.15, -0.1) is 6.54 Å². The average molecular weight is 191 g/mol. The quantitative estimate of drug-likeness (QED) is 0.251. The molecule has 10 heavy (non-hydrogen) atoms. The molecule has 0 amide bonds. The molecule has 0 aromatic carbocycles. The van der Waals surface area contributed by atoms with Crippen molar-refractivity contribution in [2.24, 2.45) is 0 Å². The van der Waals surface area contributed by atoms with Gasteiger partial charge in [0.2, 0.25) is 0 Å². The molecule has 1 saturated heterocycles. The number of rotatable bonds is 1. The van der Waals surface area contributed by atoms with Gasteiger partial charge in [0, 0.05) is 13.1 Å². The Morgan fingerprint density at radius 3 is 1.80 bits per heavy atom. The van der Waals surface area contributed by atoms with Crippen LogP contribution in [0.15, 0.2) is 0 Å². The van der Waals surface area contributed by atoms with Gasteiger partial charge in [0.15, 0.2) is 0 Å². The summed E-state index contributed by atoms with van der Waals surface area (Å²) in [6.45, 7) is 7.24. The van der Waals surface area contributed by atoms with E-state index < -0.39 is 5.09 Å². The van der Waals surface area contributed by atoms with Crippen LogP contribution in [0.3, 0.4) is 0 Å². The molecule has 0 spiro atoms. The summed E-state index contributed by atoms with van der Waals surface area (Å²) >= 11 is 0. The van der Waals surface area contributed by atoms with Crippen LogP contribution in [0.1, 0.15) is 0 Å². The third kappa shape index (κ3) is 15.6. The third-order valence-corrected chi connectivity index (χ3v) is 0.856. The summed E-state index contributed by atoms with van der Waals surface area (Å²) < 4.78 is 0. The average Bonchev–Trinajstić information content (AvgIpc) is 2.43. The predicted octanol–water partition coefficient (Wildman–Crippen LogP) is -0.106. The summed E-state index contributed by atoms with van der Waals surface area (Å²) in [6.07, 6.45) is 0. The van der Waals surface area contributed by atoms with Crippen molar-refractivity contribution in [2.45, 2.75) is 0 Å². The first-order chi connectivity index (χ1) is 4.16. The SMILES string of the molecule is O=[N+]([O-])[O-].[CH2-]CN1CC1.[Co+2]. The molecule has 1 aliphatic heterocycles. The maximum absolute atomic E-state index is 8.25. The molecule has 0 unspecified atom stereocenters. The fourth-order valence-electron chi connectivity index (χ4n) is 0.294.